The van der Waals surface area contributed by atoms with Gasteiger partial charge in [-0.05, 0) is 18.9 Å². The van der Waals surface area contributed by atoms with Crippen LogP contribution < -0.4 is 11.1 Å². The van der Waals surface area contributed by atoms with Crippen LogP contribution in [0.2, 0.25) is 5.02 Å². The average molecular weight is 293 g/mol. The van der Waals surface area contributed by atoms with Crippen molar-refractivity contribution < 1.29 is 0 Å². The molecule has 0 aliphatic rings. The highest BCUT2D eigenvalue weighted by Crippen LogP contribution is 2.13. The molecule has 0 spiro atoms. The zero-order chi connectivity index (χ0) is 14.5. The summed E-state index contributed by atoms with van der Waals surface area (Å²) < 4.78 is 1.66. The van der Waals surface area contributed by atoms with Gasteiger partial charge in [0.15, 0.2) is 11.6 Å². The zero-order valence-corrected chi connectivity index (χ0v) is 12.1. The molecule has 3 N–H and O–H groups in total. The number of aromatic nitrogens is 3. The molecule has 6 nitrogen and oxygen atoms in total. The van der Waals surface area contributed by atoms with Crippen molar-refractivity contribution in [3.05, 3.63) is 41.3 Å². The Bertz CT molecular complexity index is 645. The van der Waals surface area contributed by atoms with E-state index in [0.29, 0.717) is 29.7 Å². The van der Waals surface area contributed by atoms with Crippen LogP contribution in [0.3, 0.4) is 0 Å². The summed E-state index contributed by atoms with van der Waals surface area (Å²) in [5.41, 5.74) is 8.40. The molecule has 0 unspecified atom stereocenters. The van der Waals surface area contributed by atoms with Gasteiger partial charge >= 0.3 is 0 Å². The molecule has 0 aromatic carbocycles. The first-order valence-corrected chi connectivity index (χ1v) is 6.60. The van der Waals surface area contributed by atoms with Crippen LogP contribution in [-0.2, 0) is 6.42 Å². The molecule has 0 aliphatic heterocycles. The first-order valence-electron chi connectivity index (χ1n) is 6.22. The van der Waals surface area contributed by atoms with Crippen molar-refractivity contribution in [3.63, 3.8) is 0 Å². The second kappa shape index (κ2) is 6.38. The molecule has 0 atom stereocenters. The number of rotatable bonds is 5. The number of guanidine groups is 1. The first-order chi connectivity index (χ1) is 9.56. The molecule has 20 heavy (non-hydrogen) atoms. The first kappa shape index (κ1) is 14.3. The van der Waals surface area contributed by atoms with Gasteiger partial charge in [0, 0.05) is 18.9 Å². The highest BCUT2D eigenvalue weighted by molar-refractivity contribution is 6.33. The number of fused-ring (bicyclic) bond motifs is 1. The molecule has 0 aliphatic carbocycles. The van der Waals surface area contributed by atoms with E-state index < -0.39 is 0 Å². The topological polar surface area (TPSA) is 80.6 Å². The van der Waals surface area contributed by atoms with Gasteiger partial charge in [-0.15, -0.1) is 0 Å². The summed E-state index contributed by atoms with van der Waals surface area (Å²) in [6.45, 7) is 6.89. The molecule has 0 saturated heterocycles. The number of nitrogens with one attached hydrogen (secondary N) is 1. The van der Waals surface area contributed by atoms with E-state index in [1.807, 2.05) is 13.1 Å². The standard InChI is InChI=1S/C13H17ClN6/c1-9(2)5-18-13(15)16-4-3-10-6-17-12-11(14)7-19-20(12)8-10/h6-8H,1,3-5H2,2H3,(H3,15,16,18). The number of nitrogens with two attached hydrogens (primary N) is 1. The predicted molar refractivity (Wildman–Crippen MR) is 81.0 cm³/mol. The number of hydrogen-bond acceptors (Lipinski definition) is 3. The largest absolute Gasteiger partial charge is 0.370 e. The summed E-state index contributed by atoms with van der Waals surface area (Å²) in [6.07, 6.45) is 6.03. The van der Waals surface area contributed by atoms with Gasteiger partial charge in [-0.25, -0.2) is 14.5 Å². The van der Waals surface area contributed by atoms with Crippen molar-refractivity contribution in [2.45, 2.75) is 13.3 Å². The lowest BCUT2D eigenvalue weighted by atomic mass is 10.2. The van der Waals surface area contributed by atoms with Crippen LogP contribution in [0.4, 0.5) is 0 Å². The van der Waals surface area contributed by atoms with Crippen molar-refractivity contribution >= 4 is 23.2 Å². The van der Waals surface area contributed by atoms with Crippen molar-refractivity contribution in [3.8, 4) is 0 Å². The maximum absolute atomic E-state index is 5.93. The minimum atomic E-state index is 0.421. The fraction of sp³-hybridized carbons (Fsp3) is 0.308. The monoisotopic (exact) mass is 292 g/mol. The van der Waals surface area contributed by atoms with Gasteiger partial charge < -0.3 is 11.1 Å². The van der Waals surface area contributed by atoms with E-state index in [4.69, 9.17) is 17.3 Å². The van der Waals surface area contributed by atoms with Crippen LogP contribution in [0.1, 0.15) is 12.5 Å². The van der Waals surface area contributed by atoms with E-state index in [1.165, 1.54) is 0 Å². The van der Waals surface area contributed by atoms with Gasteiger partial charge in [-0.2, -0.15) is 5.10 Å². The zero-order valence-electron chi connectivity index (χ0n) is 11.3. The summed E-state index contributed by atoms with van der Waals surface area (Å²) in [5, 5.41) is 7.70. The Hall–Kier alpha value is -2.08. The van der Waals surface area contributed by atoms with Crippen LogP contribution >= 0.6 is 11.6 Å². The molecule has 0 saturated carbocycles. The Balaban J connectivity index is 1.89. The van der Waals surface area contributed by atoms with Gasteiger partial charge in [0.25, 0.3) is 0 Å². The van der Waals surface area contributed by atoms with Gasteiger partial charge in [0.1, 0.15) is 5.02 Å². The van der Waals surface area contributed by atoms with Crippen molar-refractivity contribution in [1.29, 1.82) is 0 Å². The van der Waals surface area contributed by atoms with Crippen molar-refractivity contribution in [2.24, 2.45) is 10.7 Å². The Morgan fingerprint density at radius 2 is 2.35 bits per heavy atom. The summed E-state index contributed by atoms with van der Waals surface area (Å²) in [6, 6.07) is 0. The highest BCUT2D eigenvalue weighted by atomic mass is 35.5. The van der Waals surface area contributed by atoms with Gasteiger partial charge in [0.2, 0.25) is 0 Å². The molecule has 2 rings (SSSR count). The second-order valence-electron chi connectivity index (χ2n) is 4.56. The second-order valence-corrected chi connectivity index (χ2v) is 4.97. The third kappa shape index (κ3) is 3.71. The van der Waals surface area contributed by atoms with Crippen LogP contribution in [-0.4, -0.2) is 33.6 Å². The molecule has 7 heteroatoms. The molecular formula is C13H17ClN6. The SMILES string of the molecule is C=C(C)CN=C(N)NCCc1cnc2c(Cl)cnn2c1. The molecular weight excluding hydrogens is 276 g/mol. The van der Waals surface area contributed by atoms with E-state index in [2.05, 4.69) is 27.0 Å². The summed E-state index contributed by atoms with van der Waals surface area (Å²) >= 11 is 5.93. The maximum Gasteiger partial charge on any atom is 0.188 e. The van der Waals surface area contributed by atoms with E-state index in [-0.39, 0.29) is 0 Å². The molecule has 0 fully saturated rings. The normalized spacial score (nSPS) is 11.8. The molecule has 0 radical (unpaired) electrons. The lowest BCUT2D eigenvalue weighted by molar-refractivity contribution is 0.828. The van der Waals surface area contributed by atoms with E-state index in [1.54, 1.807) is 16.9 Å². The van der Waals surface area contributed by atoms with Crippen molar-refractivity contribution in [2.75, 3.05) is 13.1 Å². The fourth-order valence-electron chi connectivity index (χ4n) is 1.62. The van der Waals surface area contributed by atoms with Gasteiger partial charge in [-0.3, -0.25) is 0 Å². The van der Waals surface area contributed by atoms with Crippen LogP contribution in [0.5, 0.6) is 0 Å². The summed E-state index contributed by atoms with van der Waals surface area (Å²) in [7, 11) is 0. The van der Waals surface area contributed by atoms with Gasteiger partial charge in [-0.1, -0.05) is 23.8 Å². The van der Waals surface area contributed by atoms with Crippen LogP contribution in [0.15, 0.2) is 35.7 Å². The average Bonchev–Trinajstić information content (AvgIpc) is 2.78. The highest BCUT2D eigenvalue weighted by Gasteiger charge is 2.03. The maximum atomic E-state index is 5.93. The minimum absolute atomic E-state index is 0.421. The number of nitrogens with zero attached hydrogens (tertiary/aromatic N) is 4. The quantitative estimate of drug-likeness (QED) is 0.496. The third-order valence-electron chi connectivity index (χ3n) is 2.61. The van der Waals surface area contributed by atoms with E-state index in [9.17, 15) is 0 Å². The Kier molecular flexibility index (Phi) is 4.57. The lowest BCUT2D eigenvalue weighted by Crippen LogP contribution is -2.33. The van der Waals surface area contributed by atoms with E-state index >= 15 is 0 Å². The minimum Gasteiger partial charge on any atom is -0.370 e. The van der Waals surface area contributed by atoms with Crippen LogP contribution in [0, 0.1) is 0 Å². The molecule has 2 aromatic heterocycles. The smallest absolute Gasteiger partial charge is 0.188 e. The molecule has 2 heterocycles. The van der Waals surface area contributed by atoms with E-state index in [0.717, 1.165) is 17.6 Å². The molecule has 2 aromatic rings. The number of aliphatic imine (C=N–C) groups is 1. The van der Waals surface area contributed by atoms with Crippen molar-refractivity contribution in [1.82, 2.24) is 19.9 Å². The summed E-state index contributed by atoms with van der Waals surface area (Å²) in [4.78, 5) is 8.41. The number of hydrogen-bond donors (Lipinski definition) is 2. The fourth-order valence-corrected chi connectivity index (χ4v) is 1.80. The van der Waals surface area contributed by atoms with Crippen LogP contribution in [0.25, 0.3) is 5.65 Å². The Morgan fingerprint density at radius 1 is 1.55 bits per heavy atom. The predicted octanol–water partition coefficient (Wildman–Crippen LogP) is 1.41. The lowest BCUT2D eigenvalue weighted by Gasteiger charge is -2.06. The van der Waals surface area contributed by atoms with Gasteiger partial charge in [0.05, 0.1) is 12.7 Å². The molecule has 0 bridgehead atoms. The Morgan fingerprint density at radius 3 is 3.10 bits per heavy atom. The molecule has 106 valence electrons. The number of halogens is 1. The molecule has 0 amide bonds. The Labute approximate surface area is 122 Å². The third-order valence-corrected chi connectivity index (χ3v) is 2.87. The summed E-state index contributed by atoms with van der Waals surface area (Å²) in [5.74, 6) is 0.421.